The standard InChI is InChI=1S/C31H34FN3O5S/c32-24-15-17-26(18-16-24)41(38,39)35(25-11-5-2-6-12-25)22-30(36)34-21-29(40-28-14-8-7-13-27(28)34)31(37)33-20-19-23-9-3-1-4-10-23/h1,3-4,7-10,13-18,25,29H,2,5-6,11-12,19-22H2,(H,33,37)/t29-/m1/s1. The van der Waals surface area contributed by atoms with E-state index in [1.807, 2.05) is 30.3 Å². The van der Waals surface area contributed by atoms with Gasteiger partial charge in [-0.2, -0.15) is 4.31 Å². The lowest BCUT2D eigenvalue weighted by molar-refractivity contribution is -0.128. The fourth-order valence-corrected chi connectivity index (χ4v) is 7.07. The summed E-state index contributed by atoms with van der Waals surface area (Å²) in [5.74, 6) is -0.974. The highest BCUT2D eigenvalue weighted by molar-refractivity contribution is 7.89. The number of carbonyl (C=O) groups is 2. The molecule has 8 nitrogen and oxygen atoms in total. The third-order valence-corrected chi connectivity index (χ3v) is 9.53. The van der Waals surface area contributed by atoms with Gasteiger partial charge < -0.3 is 15.0 Å². The van der Waals surface area contributed by atoms with Crippen LogP contribution in [0.5, 0.6) is 5.75 Å². The number of hydrogen-bond donors (Lipinski definition) is 1. The van der Waals surface area contributed by atoms with Crippen LogP contribution in [0.15, 0.2) is 83.8 Å². The van der Waals surface area contributed by atoms with Crippen LogP contribution in [0.2, 0.25) is 0 Å². The second-order valence-electron chi connectivity index (χ2n) is 10.4. The Hall–Kier alpha value is -3.76. The molecule has 41 heavy (non-hydrogen) atoms. The van der Waals surface area contributed by atoms with E-state index in [-0.39, 0.29) is 23.4 Å². The lowest BCUT2D eigenvalue weighted by atomic mass is 9.95. The number of halogens is 1. The molecular formula is C31H34FN3O5S. The van der Waals surface area contributed by atoms with Crippen molar-refractivity contribution in [3.63, 3.8) is 0 Å². The van der Waals surface area contributed by atoms with Crippen molar-refractivity contribution in [1.82, 2.24) is 9.62 Å². The van der Waals surface area contributed by atoms with Crippen molar-refractivity contribution in [3.8, 4) is 5.75 Å². The monoisotopic (exact) mass is 579 g/mol. The first-order valence-corrected chi connectivity index (χ1v) is 15.4. The van der Waals surface area contributed by atoms with E-state index < -0.39 is 34.4 Å². The zero-order chi connectivity index (χ0) is 28.8. The van der Waals surface area contributed by atoms with E-state index in [4.69, 9.17) is 4.74 Å². The number of rotatable bonds is 9. The highest BCUT2D eigenvalue weighted by Gasteiger charge is 2.38. The van der Waals surface area contributed by atoms with Gasteiger partial charge in [0.15, 0.2) is 6.10 Å². The smallest absolute Gasteiger partial charge is 0.262 e. The summed E-state index contributed by atoms with van der Waals surface area (Å²) in [5.41, 5.74) is 1.57. The Labute approximate surface area is 240 Å². The highest BCUT2D eigenvalue weighted by atomic mass is 32.2. The summed E-state index contributed by atoms with van der Waals surface area (Å²) in [6, 6.07) is 21.0. The average molecular weight is 580 g/mol. The molecule has 1 atom stereocenters. The quantitative estimate of drug-likeness (QED) is 0.408. The molecule has 0 saturated heterocycles. The van der Waals surface area contributed by atoms with E-state index in [0.29, 0.717) is 37.2 Å². The molecule has 2 aliphatic rings. The highest BCUT2D eigenvalue weighted by Crippen LogP contribution is 2.34. The molecular weight excluding hydrogens is 545 g/mol. The van der Waals surface area contributed by atoms with Crippen molar-refractivity contribution in [2.45, 2.75) is 55.6 Å². The molecule has 1 heterocycles. The van der Waals surface area contributed by atoms with Crippen LogP contribution in [0, 0.1) is 5.82 Å². The fraction of sp³-hybridized carbons (Fsp3) is 0.355. The summed E-state index contributed by atoms with van der Waals surface area (Å²) in [6.07, 6.45) is 3.70. The van der Waals surface area contributed by atoms with Crippen molar-refractivity contribution in [2.24, 2.45) is 0 Å². The van der Waals surface area contributed by atoms with Crippen LogP contribution in [0.1, 0.15) is 37.7 Å². The Balaban J connectivity index is 1.35. The van der Waals surface area contributed by atoms with Crippen molar-refractivity contribution in [2.75, 3.05) is 24.5 Å². The molecule has 3 aromatic carbocycles. The zero-order valence-electron chi connectivity index (χ0n) is 22.7. The molecule has 0 unspecified atom stereocenters. The molecule has 0 bridgehead atoms. The van der Waals surface area contributed by atoms with Crippen LogP contribution in [0.4, 0.5) is 10.1 Å². The van der Waals surface area contributed by atoms with Gasteiger partial charge in [0.05, 0.1) is 23.7 Å². The van der Waals surface area contributed by atoms with Gasteiger partial charge in [-0.1, -0.05) is 61.7 Å². The first kappa shape index (κ1) is 28.8. The minimum atomic E-state index is -4.09. The Kier molecular flexibility index (Phi) is 8.99. The maximum absolute atomic E-state index is 13.9. The largest absolute Gasteiger partial charge is 0.477 e. The van der Waals surface area contributed by atoms with Gasteiger partial charge in [-0.15, -0.1) is 0 Å². The van der Waals surface area contributed by atoms with Crippen LogP contribution < -0.4 is 15.0 Å². The maximum Gasteiger partial charge on any atom is 0.262 e. The Morgan fingerprint density at radius 2 is 1.61 bits per heavy atom. The number of carbonyl (C=O) groups excluding carboxylic acids is 2. The number of amides is 2. The summed E-state index contributed by atoms with van der Waals surface area (Å²) < 4.78 is 48.3. The number of nitrogens with zero attached hydrogens (tertiary/aromatic N) is 2. The number of para-hydroxylation sites is 2. The topological polar surface area (TPSA) is 96.0 Å². The van der Waals surface area contributed by atoms with Gasteiger partial charge >= 0.3 is 0 Å². The molecule has 2 amide bonds. The molecule has 1 aliphatic carbocycles. The van der Waals surface area contributed by atoms with Gasteiger partial charge in [-0.05, 0) is 61.2 Å². The second kappa shape index (κ2) is 12.8. The van der Waals surface area contributed by atoms with Gasteiger partial charge in [0.1, 0.15) is 11.6 Å². The molecule has 0 radical (unpaired) electrons. The van der Waals surface area contributed by atoms with Crippen LogP contribution in [-0.2, 0) is 26.0 Å². The fourth-order valence-electron chi connectivity index (χ4n) is 5.44. The molecule has 3 aromatic rings. The number of nitrogens with one attached hydrogen (secondary N) is 1. The molecule has 1 saturated carbocycles. The van der Waals surface area contributed by atoms with Gasteiger partial charge in [-0.3, -0.25) is 9.59 Å². The summed E-state index contributed by atoms with van der Waals surface area (Å²) >= 11 is 0. The first-order valence-electron chi connectivity index (χ1n) is 14.0. The van der Waals surface area contributed by atoms with Gasteiger partial charge in [0, 0.05) is 12.6 Å². The first-order chi connectivity index (χ1) is 19.8. The lowest BCUT2D eigenvalue weighted by Gasteiger charge is -2.37. The SMILES string of the molecule is O=C(NCCc1ccccc1)[C@H]1CN(C(=O)CN(C2CCCCC2)S(=O)(=O)c2ccc(F)cc2)c2ccccc2O1. The summed E-state index contributed by atoms with van der Waals surface area (Å²) in [6.45, 7) is -0.0488. The van der Waals surface area contributed by atoms with Gasteiger partial charge in [-0.25, -0.2) is 12.8 Å². The minimum absolute atomic E-state index is 0.0535. The zero-order valence-corrected chi connectivity index (χ0v) is 23.6. The third kappa shape index (κ3) is 6.77. The van der Waals surface area contributed by atoms with E-state index >= 15 is 0 Å². The number of ether oxygens (including phenoxy) is 1. The van der Waals surface area contributed by atoms with Crippen molar-refractivity contribution < 1.29 is 27.1 Å². The van der Waals surface area contributed by atoms with Crippen LogP contribution >= 0.6 is 0 Å². The summed E-state index contributed by atoms with van der Waals surface area (Å²) in [4.78, 5) is 28.4. The number of sulfonamides is 1. The van der Waals surface area contributed by atoms with Gasteiger partial charge in [0.25, 0.3) is 5.91 Å². The molecule has 216 valence electrons. The predicted molar refractivity (Wildman–Crippen MR) is 154 cm³/mol. The minimum Gasteiger partial charge on any atom is -0.477 e. The normalized spacial score (nSPS) is 17.5. The average Bonchev–Trinajstić information content (AvgIpc) is 3.00. The molecule has 5 rings (SSSR count). The summed E-state index contributed by atoms with van der Waals surface area (Å²) in [5, 5.41) is 2.90. The predicted octanol–water partition coefficient (Wildman–Crippen LogP) is 4.30. The molecule has 1 fully saturated rings. The summed E-state index contributed by atoms with van der Waals surface area (Å²) in [7, 11) is -4.09. The Morgan fingerprint density at radius 3 is 2.34 bits per heavy atom. The van der Waals surface area contributed by atoms with Crippen molar-refractivity contribution in [1.29, 1.82) is 0 Å². The van der Waals surface area contributed by atoms with Crippen LogP contribution in [-0.4, -0.2) is 56.3 Å². The second-order valence-corrected chi connectivity index (χ2v) is 12.3. The number of benzene rings is 3. The Bertz CT molecular complexity index is 1460. The lowest BCUT2D eigenvalue weighted by Crippen LogP contribution is -2.54. The maximum atomic E-state index is 13.9. The molecule has 1 aliphatic heterocycles. The van der Waals surface area contributed by atoms with Gasteiger partial charge in [0.2, 0.25) is 15.9 Å². The molecule has 1 N–H and O–H groups in total. The Morgan fingerprint density at radius 1 is 0.927 bits per heavy atom. The van der Waals surface area contributed by atoms with E-state index in [0.717, 1.165) is 37.0 Å². The van der Waals surface area contributed by atoms with Crippen molar-refractivity contribution in [3.05, 3.63) is 90.2 Å². The molecule has 10 heteroatoms. The number of hydrogen-bond acceptors (Lipinski definition) is 5. The van der Waals surface area contributed by atoms with E-state index in [1.54, 1.807) is 24.3 Å². The third-order valence-electron chi connectivity index (χ3n) is 7.62. The van der Waals surface area contributed by atoms with Crippen LogP contribution in [0.3, 0.4) is 0 Å². The van der Waals surface area contributed by atoms with E-state index in [1.165, 1.54) is 21.3 Å². The van der Waals surface area contributed by atoms with E-state index in [9.17, 15) is 22.4 Å². The van der Waals surface area contributed by atoms with Crippen molar-refractivity contribution >= 4 is 27.5 Å². The number of anilines is 1. The number of fused-ring (bicyclic) bond motifs is 1. The van der Waals surface area contributed by atoms with E-state index in [2.05, 4.69) is 5.32 Å². The molecule has 0 aromatic heterocycles. The molecule has 0 spiro atoms. The van der Waals surface area contributed by atoms with Crippen LogP contribution in [0.25, 0.3) is 0 Å².